The van der Waals surface area contributed by atoms with Crippen LogP contribution in [0.5, 0.6) is 11.5 Å². The number of nitrogens with zero attached hydrogens (tertiary/aromatic N) is 1. The number of rotatable bonds is 9. The van der Waals surface area contributed by atoms with Gasteiger partial charge in [0.25, 0.3) is 11.1 Å². The first-order valence-electron chi connectivity index (χ1n) is 11.0. The third-order valence-corrected chi connectivity index (χ3v) is 5.93. The molecule has 0 spiro atoms. The topological polar surface area (TPSA) is 84.9 Å². The Labute approximate surface area is 207 Å². The molecule has 1 aliphatic heterocycles. The molecule has 1 saturated heterocycles. The van der Waals surface area contributed by atoms with E-state index in [0.717, 1.165) is 33.5 Å². The zero-order chi connectivity index (χ0) is 24.6. The molecule has 0 atom stereocenters. The molecule has 0 aliphatic carbocycles. The standard InChI is InChI=1S/C27H24N2O5S/c1-19-6-5-7-21(16-19)28-25(30)18-29-26(31)24(35-27(29)32)17-20-10-12-23(13-11-20)34-15-14-33-22-8-3-2-4-9-22/h2-13,16-17H,14-15,18H2,1H3,(H,28,30)/b24-17+. The van der Waals surface area contributed by atoms with Crippen LogP contribution >= 0.6 is 11.8 Å². The van der Waals surface area contributed by atoms with Crippen LogP contribution in [-0.4, -0.2) is 41.7 Å². The Morgan fingerprint density at radius 3 is 2.29 bits per heavy atom. The second kappa shape index (κ2) is 11.4. The van der Waals surface area contributed by atoms with Gasteiger partial charge in [0.05, 0.1) is 4.91 Å². The largest absolute Gasteiger partial charge is 0.490 e. The van der Waals surface area contributed by atoms with Gasteiger partial charge in [-0.15, -0.1) is 0 Å². The lowest BCUT2D eigenvalue weighted by molar-refractivity contribution is -0.127. The van der Waals surface area contributed by atoms with E-state index in [1.165, 1.54) is 0 Å². The molecule has 178 valence electrons. The van der Waals surface area contributed by atoms with Crippen LogP contribution in [0.3, 0.4) is 0 Å². The number of para-hydroxylation sites is 1. The predicted molar refractivity (Wildman–Crippen MR) is 136 cm³/mol. The molecule has 35 heavy (non-hydrogen) atoms. The summed E-state index contributed by atoms with van der Waals surface area (Å²) in [6, 6.07) is 24.0. The molecule has 1 N–H and O–H groups in total. The highest BCUT2D eigenvalue weighted by atomic mass is 32.2. The summed E-state index contributed by atoms with van der Waals surface area (Å²) in [5.74, 6) is 0.530. The summed E-state index contributed by atoms with van der Waals surface area (Å²) < 4.78 is 11.3. The molecule has 7 nitrogen and oxygen atoms in total. The van der Waals surface area contributed by atoms with Crippen molar-refractivity contribution in [1.82, 2.24) is 4.90 Å². The zero-order valence-corrected chi connectivity index (χ0v) is 19.9. The number of carbonyl (C=O) groups is 3. The van der Waals surface area contributed by atoms with Crippen LogP contribution in [0.2, 0.25) is 0 Å². The highest BCUT2D eigenvalue weighted by Crippen LogP contribution is 2.32. The number of hydrogen-bond acceptors (Lipinski definition) is 6. The summed E-state index contributed by atoms with van der Waals surface area (Å²) in [4.78, 5) is 38.6. The van der Waals surface area contributed by atoms with E-state index in [0.29, 0.717) is 24.7 Å². The van der Waals surface area contributed by atoms with E-state index in [2.05, 4.69) is 5.32 Å². The smallest absolute Gasteiger partial charge is 0.294 e. The number of imide groups is 1. The van der Waals surface area contributed by atoms with Crippen molar-refractivity contribution in [3.8, 4) is 11.5 Å². The Morgan fingerprint density at radius 1 is 0.914 bits per heavy atom. The maximum atomic E-state index is 12.7. The number of hydrogen-bond donors (Lipinski definition) is 1. The molecule has 1 fully saturated rings. The summed E-state index contributed by atoms with van der Waals surface area (Å²) in [6.45, 7) is 2.37. The molecule has 0 unspecified atom stereocenters. The van der Waals surface area contributed by atoms with Crippen LogP contribution in [-0.2, 0) is 9.59 Å². The number of amides is 3. The second-order valence-electron chi connectivity index (χ2n) is 7.76. The van der Waals surface area contributed by atoms with Crippen molar-refractivity contribution in [2.45, 2.75) is 6.92 Å². The summed E-state index contributed by atoms with van der Waals surface area (Å²) in [5.41, 5.74) is 2.35. The Kier molecular flexibility index (Phi) is 7.84. The molecule has 4 rings (SSSR count). The van der Waals surface area contributed by atoms with Gasteiger partial charge in [-0.1, -0.05) is 42.5 Å². The van der Waals surface area contributed by atoms with Gasteiger partial charge in [-0.05, 0) is 72.3 Å². The minimum atomic E-state index is -0.488. The maximum absolute atomic E-state index is 12.7. The van der Waals surface area contributed by atoms with Crippen molar-refractivity contribution < 1.29 is 23.9 Å². The average molecular weight is 489 g/mol. The fourth-order valence-corrected chi connectivity index (χ4v) is 4.19. The average Bonchev–Trinajstić information content (AvgIpc) is 3.10. The van der Waals surface area contributed by atoms with Crippen molar-refractivity contribution in [3.63, 3.8) is 0 Å². The van der Waals surface area contributed by atoms with Gasteiger partial charge in [-0.25, -0.2) is 0 Å². The molecular weight excluding hydrogens is 464 g/mol. The van der Waals surface area contributed by atoms with E-state index in [1.54, 1.807) is 36.4 Å². The highest BCUT2D eigenvalue weighted by molar-refractivity contribution is 8.18. The van der Waals surface area contributed by atoms with E-state index in [-0.39, 0.29) is 11.4 Å². The number of carbonyl (C=O) groups excluding carboxylic acids is 3. The molecule has 1 aliphatic rings. The lowest BCUT2D eigenvalue weighted by Crippen LogP contribution is -2.36. The lowest BCUT2D eigenvalue weighted by Gasteiger charge is -2.12. The van der Waals surface area contributed by atoms with E-state index in [1.807, 2.05) is 55.5 Å². The number of aryl methyl sites for hydroxylation is 1. The van der Waals surface area contributed by atoms with Crippen molar-refractivity contribution in [2.75, 3.05) is 25.1 Å². The number of ether oxygens (including phenoxy) is 2. The van der Waals surface area contributed by atoms with Crippen LogP contribution in [0.25, 0.3) is 6.08 Å². The van der Waals surface area contributed by atoms with Crippen LogP contribution in [0.1, 0.15) is 11.1 Å². The predicted octanol–water partition coefficient (Wildman–Crippen LogP) is 5.13. The normalized spacial score (nSPS) is 14.3. The van der Waals surface area contributed by atoms with Crippen LogP contribution in [0, 0.1) is 6.92 Å². The molecule has 1 heterocycles. The van der Waals surface area contributed by atoms with Gasteiger partial charge >= 0.3 is 0 Å². The van der Waals surface area contributed by atoms with Gasteiger partial charge in [0.2, 0.25) is 5.91 Å². The monoisotopic (exact) mass is 488 g/mol. The van der Waals surface area contributed by atoms with Crippen LogP contribution < -0.4 is 14.8 Å². The van der Waals surface area contributed by atoms with Crippen molar-refractivity contribution in [3.05, 3.63) is 94.9 Å². The summed E-state index contributed by atoms with van der Waals surface area (Å²) in [5, 5.41) is 2.24. The summed E-state index contributed by atoms with van der Waals surface area (Å²) in [6.07, 6.45) is 1.63. The minimum Gasteiger partial charge on any atom is -0.490 e. The Morgan fingerprint density at radius 2 is 1.60 bits per heavy atom. The number of nitrogens with one attached hydrogen (secondary N) is 1. The molecule has 3 aromatic carbocycles. The lowest BCUT2D eigenvalue weighted by atomic mass is 10.2. The van der Waals surface area contributed by atoms with E-state index >= 15 is 0 Å². The van der Waals surface area contributed by atoms with Gasteiger partial charge in [0.1, 0.15) is 31.3 Å². The minimum absolute atomic E-state index is 0.267. The SMILES string of the molecule is Cc1cccc(NC(=O)CN2C(=O)S/C(=C/c3ccc(OCCOc4ccccc4)cc3)C2=O)c1. The third kappa shape index (κ3) is 6.74. The fraction of sp³-hybridized carbons (Fsp3) is 0.148. The molecule has 0 radical (unpaired) electrons. The maximum Gasteiger partial charge on any atom is 0.294 e. The van der Waals surface area contributed by atoms with E-state index in [4.69, 9.17) is 9.47 Å². The van der Waals surface area contributed by atoms with E-state index < -0.39 is 17.1 Å². The first-order chi connectivity index (χ1) is 17.0. The van der Waals surface area contributed by atoms with Gasteiger partial charge in [0.15, 0.2) is 0 Å². The molecule has 0 bridgehead atoms. The molecule has 3 amide bonds. The first-order valence-corrected chi connectivity index (χ1v) is 11.8. The van der Waals surface area contributed by atoms with Crippen molar-refractivity contribution in [2.24, 2.45) is 0 Å². The Balaban J connectivity index is 1.29. The van der Waals surface area contributed by atoms with E-state index in [9.17, 15) is 14.4 Å². The van der Waals surface area contributed by atoms with Gasteiger partial charge in [-0.3, -0.25) is 19.3 Å². The number of anilines is 1. The molecule has 8 heteroatoms. The van der Waals surface area contributed by atoms with Crippen molar-refractivity contribution in [1.29, 1.82) is 0 Å². The Hall–Kier alpha value is -4.04. The third-order valence-electron chi connectivity index (χ3n) is 5.02. The molecule has 0 saturated carbocycles. The fourth-order valence-electron chi connectivity index (χ4n) is 3.35. The zero-order valence-electron chi connectivity index (χ0n) is 19.1. The second-order valence-corrected chi connectivity index (χ2v) is 8.76. The van der Waals surface area contributed by atoms with Gasteiger partial charge in [-0.2, -0.15) is 0 Å². The summed E-state index contributed by atoms with van der Waals surface area (Å²) >= 11 is 0.817. The van der Waals surface area contributed by atoms with Crippen LogP contribution in [0.4, 0.5) is 10.5 Å². The number of thioether (sulfide) groups is 1. The Bertz CT molecular complexity index is 1240. The summed E-state index contributed by atoms with van der Waals surface area (Å²) in [7, 11) is 0. The molecule has 0 aromatic heterocycles. The molecule has 3 aromatic rings. The van der Waals surface area contributed by atoms with Crippen LogP contribution in [0.15, 0.2) is 83.8 Å². The van der Waals surface area contributed by atoms with Gasteiger partial charge < -0.3 is 14.8 Å². The quantitative estimate of drug-likeness (QED) is 0.332. The number of benzene rings is 3. The molecular formula is C27H24N2O5S. The van der Waals surface area contributed by atoms with Crippen molar-refractivity contribution >= 4 is 40.6 Å². The highest BCUT2D eigenvalue weighted by Gasteiger charge is 2.36. The van der Waals surface area contributed by atoms with Gasteiger partial charge in [0, 0.05) is 5.69 Å². The first kappa shape index (κ1) is 24.1.